The van der Waals surface area contributed by atoms with E-state index in [1.54, 1.807) is 12.1 Å². The molecule has 0 saturated heterocycles. The molecule has 0 nitrogen and oxygen atoms in total. The predicted molar refractivity (Wildman–Crippen MR) is 231 cm³/mol. The Bertz CT molecular complexity index is 1520. The zero-order valence-corrected chi connectivity index (χ0v) is 35.5. The van der Waals surface area contributed by atoms with Crippen LogP contribution in [0.15, 0.2) is 36.4 Å². The zero-order chi connectivity index (χ0) is 38.8. The molecule has 2 heteroatoms. The zero-order valence-electron chi connectivity index (χ0n) is 35.5. The van der Waals surface area contributed by atoms with Gasteiger partial charge in [0.2, 0.25) is 0 Å². The molecule has 6 rings (SSSR count). The van der Waals surface area contributed by atoms with E-state index in [0.717, 1.165) is 83.4 Å². The van der Waals surface area contributed by atoms with E-state index in [-0.39, 0.29) is 11.6 Å². The molecule has 0 radical (unpaired) electrons. The number of aryl methyl sites for hydroxylation is 2. The first kappa shape index (κ1) is 43.5. The number of rotatable bonds is 11. The maximum Gasteiger partial charge on any atom is 0.127 e. The molecule has 55 heavy (non-hydrogen) atoms. The Morgan fingerprint density at radius 2 is 0.836 bits per heavy atom. The number of unbranched alkanes of at least 4 members (excludes halogenated alkanes) is 1. The average Bonchev–Trinajstić information content (AvgIpc) is 3.22. The van der Waals surface area contributed by atoms with Gasteiger partial charge >= 0.3 is 0 Å². The van der Waals surface area contributed by atoms with Crippen molar-refractivity contribution in [2.45, 2.75) is 188 Å². The molecule has 0 spiro atoms. The first-order valence-corrected chi connectivity index (χ1v) is 23.5. The molecule has 0 bridgehead atoms. The molecule has 0 aliphatic heterocycles. The molecule has 302 valence electrons. The molecule has 4 aliphatic rings. The fraction of sp³-hybridized carbons (Fsp3) is 0.698. The smallest absolute Gasteiger partial charge is 0.127 e. The predicted octanol–water partition coefficient (Wildman–Crippen LogP) is 15.5. The van der Waals surface area contributed by atoms with Crippen LogP contribution in [0.4, 0.5) is 8.78 Å². The molecular formula is C53H76F2. The molecule has 0 amide bonds. The summed E-state index contributed by atoms with van der Waals surface area (Å²) >= 11 is 0. The van der Waals surface area contributed by atoms with Gasteiger partial charge in [0.25, 0.3) is 0 Å². The van der Waals surface area contributed by atoms with Crippen LogP contribution >= 0.6 is 0 Å². The molecule has 4 aliphatic carbocycles. The van der Waals surface area contributed by atoms with Crippen LogP contribution in [0.5, 0.6) is 0 Å². The van der Waals surface area contributed by atoms with Gasteiger partial charge in [0.1, 0.15) is 11.6 Å². The van der Waals surface area contributed by atoms with Gasteiger partial charge < -0.3 is 0 Å². The lowest BCUT2D eigenvalue weighted by Gasteiger charge is -2.37. The van der Waals surface area contributed by atoms with Crippen LogP contribution in [-0.2, 0) is 12.8 Å². The number of hydrogen-bond donors (Lipinski definition) is 0. The van der Waals surface area contributed by atoms with Crippen molar-refractivity contribution in [3.05, 3.63) is 70.3 Å². The summed E-state index contributed by atoms with van der Waals surface area (Å²) in [5.41, 5.74) is 3.31. The monoisotopic (exact) mass is 751 g/mol. The molecule has 0 heterocycles. The van der Waals surface area contributed by atoms with E-state index in [1.807, 2.05) is 24.3 Å². The fourth-order valence-electron chi connectivity index (χ4n) is 10.8. The Balaban J connectivity index is 0.000000211. The third-order valence-corrected chi connectivity index (χ3v) is 14.3. The van der Waals surface area contributed by atoms with Gasteiger partial charge in [-0.25, -0.2) is 8.78 Å². The van der Waals surface area contributed by atoms with Crippen molar-refractivity contribution >= 4 is 0 Å². The number of halogens is 2. The van der Waals surface area contributed by atoms with E-state index >= 15 is 0 Å². The van der Waals surface area contributed by atoms with Crippen molar-refractivity contribution in [3.8, 4) is 23.7 Å². The van der Waals surface area contributed by atoms with Crippen LogP contribution in [0.2, 0.25) is 0 Å². The topological polar surface area (TPSA) is 0 Å². The lowest BCUT2D eigenvalue weighted by Crippen LogP contribution is -2.25. The number of hydrogen-bond acceptors (Lipinski definition) is 0. The Morgan fingerprint density at radius 1 is 0.455 bits per heavy atom. The summed E-state index contributed by atoms with van der Waals surface area (Å²) in [6, 6.07) is 11.1. The highest BCUT2D eigenvalue weighted by atomic mass is 19.1. The van der Waals surface area contributed by atoms with Crippen molar-refractivity contribution in [1.82, 2.24) is 0 Å². The van der Waals surface area contributed by atoms with E-state index < -0.39 is 0 Å². The molecule has 2 aromatic carbocycles. The van der Waals surface area contributed by atoms with Crippen molar-refractivity contribution in [3.63, 3.8) is 0 Å². The van der Waals surface area contributed by atoms with Crippen molar-refractivity contribution in [2.75, 3.05) is 0 Å². The van der Waals surface area contributed by atoms with Crippen LogP contribution in [0.3, 0.4) is 0 Å². The van der Waals surface area contributed by atoms with Gasteiger partial charge in [-0.05, 0) is 161 Å². The van der Waals surface area contributed by atoms with E-state index in [9.17, 15) is 8.78 Å². The third kappa shape index (κ3) is 14.1. The van der Waals surface area contributed by atoms with Crippen molar-refractivity contribution in [1.29, 1.82) is 0 Å². The second-order valence-corrected chi connectivity index (χ2v) is 18.4. The van der Waals surface area contributed by atoms with Crippen LogP contribution in [-0.4, -0.2) is 0 Å². The van der Waals surface area contributed by atoms with Crippen LogP contribution < -0.4 is 0 Å². The Morgan fingerprint density at radius 3 is 1.18 bits per heavy atom. The summed E-state index contributed by atoms with van der Waals surface area (Å²) in [6.07, 6.45) is 32.7. The quantitative estimate of drug-likeness (QED) is 0.201. The minimum absolute atomic E-state index is 0.0908. The van der Waals surface area contributed by atoms with Gasteiger partial charge in [-0.15, -0.1) is 0 Å². The Hall–Kier alpha value is -2.58. The molecule has 4 saturated carbocycles. The molecule has 4 fully saturated rings. The standard InChI is InChI=1S/C27H39F.C26H37F/c1-3-5-7-21-10-15-24(16-11-21)25-17-12-22(13-18-25)8-9-23-14-19-26(6-4-2)27(28)20-23;1-3-5-20-9-14-23(15-10-20)24-16-11-21(12-17-24)7-8-22-13-18-25(6-4-2)26(27)19-22/h14,19-22,24-25H,3-7,10-13,15-18H2,1-2H3;13,18-21,23-24H,3-6,9-12,14-17H2,1-2H3. The van der Waals surface area contributed by atoms with Crippen LogP contribution in [0.25, 0.3) is 0 Å². The lowest BCUT2D eigenvalue weighted by molar-refractivity contribution is 0.153. The SMILES string of the molecule is CCCCC1CCC(C2CCC(C#Cc3ccc(CCC)c(F)c3)CC2)CC1.CCCc1ccc(C#CC2CCC(C3CCC(CCC)CC3)CC2)cc1F. The summed E-state index contributed by atoms with van der Waals surface area (Å²) in [6.45, 7) is 8.80. The lowest BCUT2D eigenvalue weighted by atomic mass is 9.69. The molecule has 0 aromatic heterocycles. The summed E-state index contributed by atoms with van der Waals surface area (Å²) in [5, 5.41) is 0. The summed E-state index contributed by atoms with van der Waals surface area (Å²) in [4.78, 5) is 0. The van der Waals surface area contributed by atoms with E-state index in [0.29, 0.717) is 11.8 Å². The van der Waals surface area contributed by atoms with Crippen molar-refractivity contribution in [2.24, 2.45) is 47.3 Å². The van der Waals surface area contributed by atoms with Gasteiger partial charge in [-0.2, -0.15) is 0 Å². The fourth-order valence-corrected chi connectivity index (χ4v) is 10.8. The normalized spacial score (nSPS) is 28.1. The van der Waals surface area contributed by atoms with E-state index in [4.69, 9.17) is 0 Å². The summed E-state index contributed by atoms with van der Waals surface area (Å²) < 4.78 is 28.2. The van der Waals surface area contributed by atoms with E-state index in [2.05, 4.69) is 51.4 Å². The maximum absolute atomic E-state index is 14.1. The summed E-state index contributed by atoms with van der Waals surface area (Å²) in [7, 11) is 0. The Kier molecular flexibility index (Phi) is 18.7. The molecule has 0 unspecified atom stereocenters. The minimum Gasteiger partial charge on any atom is -0.207 e. The van der Waals surface area contributed by atoms with Gasteiger partial charge in [-0.1, -0.05) is 134 Å². The largest absolute Gasteiger partial charge is 0.207 e. The van der Waals surface area contributed by atoms with E-state index in [1.165, 1.54) is 135 Å². The highest BCUT2D eigenvalue weighted by Gasteiger charge is 2.31. The Labute approximate surface area is 337 Å². The second kappa shape index (κ2) is 23.6. The van der Waals surface area contributed by atoms with Gasteiger partial charge in [0.15, 0.2) is 0 Å². The molecule has 0 N–H and O–H groups in total. The molecule has 0 atom stereocenters. The second-order valence-electron chi connectivity index (χ2n) is 18.4. The highest BCUT2D eigenvalue weighted by molar-refractivity contribution is 5.38. The van der Waals surface area contributed by atoms with Crippen molar-refractivity contribution < 1.29 is 8.78 Å². The minimum atomic E-state index is -0.0916. The van der Waals surface area contributed by atoms with Crippen LogP contribution in [0.1, 0.15) is 198 Å². The average molecular weight is 751 g/mol. The van der Waals surface area contributed by atoms with Gasteiger partial charge in [-0.3, -0.25) is 0 Å². The van der Waals surface area contributed by atoms with Gasteiger partial charge in [0, 0.05) is 23.0 Å². The highest BCUT2D eigenvalue weighted by Crippen LogP contribution is 2.43. The summed E-state index contributed by atoms with van der Waals surface area (Å²) in [5.74, 6) is 20.1. The molecule has 2 aromatic rings. The maximum atomic E-state index is 14.1. The van der Waals surface area contributed by atoms with Crippen LogP contribution in [0, 0.1) is 82.7 Å². The third-order valence-electron chi connectivity index (χ3n) is 14.3. The first-order chi connectivity index (χ1) is 26.9. The number of benzene rings is 2. The first-order valence-electron chi connectivity index (χ1n) is 23.5. The molecular weight excluding hydrogens is 675 g/mol. The van der Waals surface area contributed by atoms with Gasteiger partial charge in [0.05, 0.1) is 0 Å².